The third-order valence-corrected chi connectivity index (χ3v) is 9.00. The molecule has 4 N–H and O–H groups in total. The molecule has 4 rings (SSSR count). The lowest BCUT2D eigenvalue weighted by molar-refractivity contribution is -0.181. The van der Waals surface area contributed by atoms with E-state index in [2.05, 4.69) is 6.58 Å². The van der Waals surface area contributed by atoms with Crippen molar-refractivity contribution in [2.24, 2.45) is 28.6 Å². The van der Waals surface area contributed by atoms with Gasteiger partial charge in [0.25, 0.3) is 0 Å². The maximum atomic E-state index is 11.9. The predicted octanol–water partition coefficient (Wildman–Crippen LogP) is 1.54. The predicted molar refractivity (Wildman–Crippen MR) is 102 cm³/mol. The molecule has 2 bridgehead atoms. The number of esters is 1. The van der Waals surface area contributed by atoms with Crippen molar-refractivity contribution >= 4 is 5.97 Å². The van der Waals surface area contributed by atoms with E-state index in [0.717, 1.165) is 12.0 Å². The molecule has 0 amide bonds. The molecule has 158 valence electrons. The van der Waals surface area contributed by atoms with Gasteiger partial charge in [0.1, 0.15) is 11.7 Å². The van der Waals surface area contributed by atoms with Gasteiger partial charge >= 0.3 is 5.97 Å². The molecule has 4 fully saturated rings. The summed E-state index contributed by atoms with van der Waals surface area (Å²) in [5.41, 5.74) is -3.26. The molecule has 9 atom stereocenters. The molecule has 1 spiro atoms. The molecule has 0 saturated heterocycles. The van der Waals surface area contributed by atoms with Crippen molar-refractivity contribution in [2.45, 2.75) is 89.3 Å². The minimum Gasteiger partial charge on any atom is -0.462 e. The molecule has 0 aromatic heterocycles. The van der Waals surface area contributed by atoms with E-state index in [-0.39, 0.29) is 18.3 Å². The molecule has 0 heterocycles. The smallest absolute Gasteiger partial charge is 0.302 e. The monoisotopic (exact) mass is 394 g/mol. The summed E-state index contributed by atoms with van der Waals surface area (Å²) in [5, 5.41) is 44.9. The van der Waals surface area contributed by atoms with Gasteiger partial charge in [0.15, 0.2) is 0 Å². The van der Waals surface area contributed by atoms with Crippen LogP contribution in [-0.2, 0) is 9.53 Å². The number of hydrogen-bond donors (Lipinski definition) is 4. The molecule has 6 nitrogen and oxygen atoms in total. The van der Waals surface area contributed by atoms with E-state index >= 15 is 0 Å². The summed E-state index contributed by atoms with van der Waals surface area (Å²) in [6, 6.07) is 0. The summed E-state index contributed by atoms with van der Waals surface area (Å²) in [6.07, 6.45) is 0.0633. The maximum Gasteiger partial charge on any atom is 0.302 e. The molecule has 4 aliphatic rings. The summed E-state index contributed by atoms with van der Waals surface area (Å²) < 4.78 is 5.77. The number of carbonyl (C=O) groups is 1. The molecule has 0 unspecified atom stereocenters. The number of ether oxygens (including phenoxy) is 1. The molecule has 0 aromatic carbocycles. The molecule has 0 aliphatic heterocycles. The van der Waals surface area contributed by atoms with Gasteiger partial charge in [0.05, 0.1) is 17.8 Å². The van der Waals surface area contributed by atoms with Crippen molar-refractivity contribution in [1.29, 1.82) is 0 Å². The fourth-order valence-corrected chi connectivity index (χ4v) is 7.57. The Morgan fingerprint density at radius 3 is 2.36 bits per heavy atom. The standard InChI is InChI=1S/C22H34O6/c1-11-13-6-7-14-18(28-12(2)23)21(13,10-20(14,5)26)9-17(25)22(27)15(11)8-16(24)19(22,3)4/h13-18,24-27H,1,6-10H2,2-5H3/t13-,14+,15-,16-,17+,18+,20-,21-,22-/m0/s1. The van der Waals surface area contributed by atoms with Crippen LogP contribution in [0.25, 0.3) is 0 Å². The highest BCUT2D eigenvalue weighted by Gasteiger charge is 2.73. The summed E-state index contributed by atoms with van der Waals surface area (Å²) in [5.74, 6) is -1.11. The molecule has 28 heavy (non-hydrogen) atoms. The van der Waals surface area contributed by atoms with E-state index in [9.17, 15) is 25.2 Å². The van der Waals surface area contributed by atoms with Crippen LogP contribution in [0.5, 0.6) is 0 Å². The minimum atomic E-state index is -1.51. The highest BCUT2D eigenvalue weighted by Crippen LogP contribution is 2.69. The topological polar surface area (TPSA) is 107 Å². The van der Waals surface area contributed by atoms with Crippen molar-refractivity contribution in [3.05, 3.63) is 12.2 Å². The fourth-order valence-electron chi connectivity index (χ4n) is 7.57. The van der Waals surface area contributed by atoms with Crippen LogP contribution in [0.4, 0.5) is 0 Å². The molecular weight excluding hydrogens is 360 g/mol. The van der Waals surface area contributed by atoms with Gasteiger partial charge in [-0.05, 0) is 44.9 Å². The van der Waals surface area contributed by atoms with Gasteiger partial charge in [-0.1, -0.05) is 26.0 Å². The Bertz CT molecular complexity index is 714. The zero-order chi connectivity index (χ0) is 20.9. The lowest BCUT2D eigenvalue weighted by Crippen LogP contribution is -2.57. The maximum absolute atomic E-state index is 11.9. The molecular formula is C22H34O6. The quantitative estimate of drug-likeness (QED) is 0.397. The summed E-state index contributed by atoms with van der Waals surface area (Å²) in [4.78, 5) is 11.9. The van der Waals surface area contributed by atoms with E-state index in [0.29, 0.717) is 19.3 Å². The first-order chi connectivity index (χ1) is 12.8. The molecule has 4 saturated carbocycles. The number of rotatable bonds is 1. The zero-order valence-electron chi connectivity index (χ0n) is 17.3. The van der Waals surface area contributed by atoms with Crippen molar-refractivity contribution in [3.8, 4) is 0 Å². The van der Waals surface area contributed by atoms with Crippen LogP contribution in [0.1, 0.15) is 59.8 Å². The van der Waals surface area contributed by atoms with Gasteiger partial charge in [-0.3, -0.25) is 4.79 Å². The Hall–Kier alpha value is -0.950. The second-order valence-electron chi connectivity index (χ2n) is 10.7. The normalized spacial score (nSPS) is 54.6. The summed E-state index contributed by atoms with van der Waals surface area (Å²) in [6.45, 7) is 11.1. The SMILES string of the molecule is C=C1[C@@H]2CC[C@@H]3[C@@H](OC(C)=O)[C@@]2(C[C@@H](O)[C@@]2(O)[C@H]1C[C@H](O)C2(C)C)C[C@]3(C)O. The van der Waals surface area contributed by atoms with Crippen molar-refractivity contribution in [2.75, 3.05) is 0 Å². The Labute approximate surface area is 166 Å². The van der Waals surface area contributed by atoms with E-state index in [4.69, 9.17) is 4.74 Å². The Kier molecular flexibility index (Phi) is 4.22. The molecule has 0 aromatic rings. The van der Waals surface area contributed by atoms with Crippen LogP contribution >= 0.6 is 0 Å². The highest BCUT2D eigenvalue weighted by atomic mass is 16.5. The second kappa shape index (κ2) is 5.81. The van der Waals surface area contributed by atoms with E-state index < -0.39 is 52.2 Å². The Morgan fingerprint density at radius 2 is 1.75 bits per heavy atom. The van der Waals surface area contributed by atoms with Gasteiger partial charge in [0, 0.05) is 29.6 Å². The Balaban J connectivity index is 1.86. The van der Waals surface area contributed by atoms with Gasteiger partial charge < -0.3 is 25.2 Å². The minimum absolute atomic E-state index is 0.0863. The van der Waals surface area contributed by atoms with Gasteiger partial charge in [-0.2, -0.15) is 0 Å². The van der Waals surface area contributed by atoms with Crippen LogP contribution in [0, 0.1) is 28.6 Å². The van der Waals surface area contributed by atoms with E-state index in [1.807, 2.05) is 0 Å². The van der Waals surface area contributed by atoms with Crippen LogP contribution in [0.2, 0.25) is 0 Å². The largest absolute Gasteiger partial charge is 0.462 e. The zero-order valence-corrected chi connectivity index (χ0v) is 17.3. The van der Waals surface area contributed by atoms with Crippen LogP contribution < -0.4 is 0 Å². The average molecular weight is 395 g/mol. The fraction of sp³-hybridized carbons (Fsp3) is 0.864. The van der Waals surface area contributed by atoms with Crippen LogP contribution in [0.3, 0.4) is 0 Å². The first-order valence-corrected chi connectivity index (χ1v) is 10.5. The first kappa shape index (κ1) is 20.3. The summed E-state index contributed by atoms with van der Waals surface area (Å²) in [7, 11) is 0. The highest BCUT2D eigenvalue weighted by molar-refractivity contribution is 5.66. The summed E-state index contributed by atoms with van der Waals surface area (Å²) >= 11 is 0. The lowest BCUT2D eigenvalue weighted by Gasteiger charge is -2.47. The van der Waals surface area contributed by atoms with Crippen molar-refractivity contribution in [1.82, 2.24) is 0 Å². The molecule has 4 aliphatic carbocycles. The van der Waals surface area contributed by atoms with Crippen molar-refractivity contribution in [3.63, 3.8) is 0 Å². The number of fused-ring (bicyclic) bond motifs is 2. The van der Waals surface area contributed by atoms with Crippen LogP contribution in [0.15, 0.2) is 12.2 Å². The first-order valence-electron chi connectivity index (χ1n) is 10.5. The van der Waals surface area contributed by atoms with Gasteiger partial charge in [-0.15, -0.1) is 0 Å². The van der Waals surface area contributed by atoms with Crippen LogP contribution in [-0.4, -0.2) is 55.9 Å². The average Bonchev–Trinajstić information content (AvgIpc) is 2.79. The molecule has 0 radical (unpaired) electrons. The van der Waals surface area contributed by atoms with E-state index in [1.165, 1.54) is 6.92 Å². The number of aliphatic hydroxyl groups is 4. The second-order valence-corrected chi connectivity index (χ2v) is 10.7. The number of carbonyl (C=O) groups excluding carboxylic acids is 1. The Morgan fingerprint density at radius 1 is 1.11 bits per heavy atom. The number of aliphatic hydroxyl groups excluding tert-OH is 2. The van der Waals surface area contributed by atoms with E-state index in [1.54, 1.807) is 20.8 Å². The van der Waals surface area contributed by atoms with Gasteiger partial charge in [-0.25, -0.2) is 0 Å². The lowest BCUT2D eigenvalue weighted by atomic mass is 9.61. The van der Waals surface area contributed by atoms with Crippen molar-refractivity contribution < 1.29 is 30.0 Å². The third-order valence-electron chi connectivity index (χ3n) is 9.00. The number of hydrogen-bond acceptors (Lipinski definition) is 6. The molecule has 6 heteroatoms. The van der Waals surface area contributed by atoms with Gasteiger partial charge in [0.2, 0.25) is 0 Å². The third kappa shape index (κ3) is 2.26.